The number of anilines is 1. The molecule has 96 valence electrons. The van der Waals surface area contributed by atoms with Gasteiger partial charge in [0, 0.05) is 6.42 Å². The largest absolute Gasteiger partial charge is 0.463 e. The standard InChI is InChI=1S/C11H14N4O3/c1-3-7-5-6-8(18-7)9(16)12-10-13-11(15-14-10)17-4-2/h5-6H,3-4H2,1-2H3,(H2,12,13,14,15,16). The van der Waals surface area contributed by atoms with E-state index in [2.05, 4.69) is 20.5 Å². The van der Waals surface area contributed by atoms with Crippen LogP contribution in [0.4, 0.5) is 5.95 Å². The smallest absolute Gasteiger partial charge is 0.337 e. The van der Waals surface area contributed by atoms with E-state index in [9.17, 15) is 4.79 Å². The van der Waals surface area contributed by atoms with Gasteiger partial charge in [-0.2, -0.15) is 4.98 Å². The van der Waals surface area contributed by atoms with Crippen molar-refractivity contribution in [3.8, 4) is 6.01 Å². The molecule has 7 nitrogen and oxygen atoms in total. The summed E-state index contributed by atoms with van der Waals surface area (Å²) in [6, 6.07) is 3.58. The van der Waals surface area contributed by atoms with Crippen molar-refractivity contribution < 1.29 is 13.9 Å². The Morgan fingerprint density at radius 3 is 3.00 bits per heavy atom. The fraction of sp³-hybridized carbons (Fsp3) is 0.364. The Balaban J connectivity index is 2.01. The number of aryl methyl sites for hydroxylation is 1. The van der Waals surface area contributed by atoms with Gasteiger partial charge in [0.25, 0.3) is 5.91 Å². The van der Waals surface area contributed by atoms with Crippen LogP contribution >= 0.6 is 0 Å². The van der Waals surface area contributed by atoms with Gasteiger partial charge < -0.3 is 9.15 Å². The Bertz CT molecular complexity index is 532. The number of aromatic amines is 1. The van der Waals surface area contributed by atoms with Gasteiger partial charge >= 0.3 is 6.01 Å². The second kappa shape index (κ2) is 5.35. The van der Waals surface area contributed by atoms with Crippen molar-refractivity contribution in [1.82, 2.24) is 15.2 Å². The molecule has 18 heavy (non-hydrogen) atoms. The monoisotopic (exact) mass is 250 g/mol. The van der Waals surface area contributed by atoms with E-state index in [1.54, 1.807) is 12.1 Å². The summed E-state index contributed by atoms with van der Waals surface area (Å²) in [4.78, 5) is 15.7. The Hall–Kier alpha value is -2.31. The SMILES string of the molecule is CCOc1n[nH]c(NC(=O)c2ccc(CC)o2)n1. The number of aromatic nitrogens is 3. The summed E-state index contributed by atoms with van der Waals surface area (Å²) in [6.07, 6.45) is 0.740. The van der Waals surface area contributed by atoms with Gasteiger partial charge in [0.1, 0.15) is 5.76 Å². The quantitative estimate of drug-likeness (QED) is 0.840. The lowest BCUT2D eigenvalue weighted by molar-refractivity contribution is 0.0994. The number of carbonyl (C=O) groups is 1. The minimum atomic E-state index is -0.381. The Kier molecular flexibility index (Phi) is 3.61. The summed E-state index contributed by atoms with van der Waals surface area (Å²) in [5.74, 6) is 0.834. The molecule has 0 fully saturated rings. The number of hydrogen-bond donors (Lipinski definition) is 2. The second-order valence-corrected chi connectivity index (χ2v) is 3.47. The van der Waals surface area contributed by atoms with Crippen LogP contribution in [0.15, 0.2) is 16.5 Å². The molecule has 0 radical (unpaired) electrons. The van der Waals surface area contributed by atoms with E-state index >= 15 is 0 Å². The van der Waals surface area contributed by atoms with E-state index in [4.69, 9.17) is 9.15 Å². The highest BCUT2D eigenvalue weighted by atomic mass is 16.5. The number of nitrogens with zero attached hydrogens (tertiary/aromatic N) is 2. The average Bonchev–Trinajstić information content (AvgIpc) is 2.98. The normalized spacial score (nSPS) is 10.3. The third-order valence-corrected chi connectivity index (χ3v) is 2.20. The zero-order chi connectivity index (χ0) is 13.0. The molecular formula is C11H14N4O3. The molecule has 0 spiro atoms. The molecule has 0 saturated heterocycles. The van der Waals surface area contributed by atoms with Crippen LogP contribution in [0, 0.1) is 0 Å². The predicted octanol–water partition coefficient (Wildman–Crippen LogP) is 1.61. The summed E-state index contributed by atoms with van der Waals surface area (Å²) in [6.45, 7) is 4.23. The van der Waals surface area contributed by atoms with Crippen molar-refractivity contribution in [2.24, 2.45) is 0 Å². The van der Waals surface area contributed by atoms with Crippen LogP contribution in [0.1, 0.15) is 30.2 Å². The zero-order valence-electron chi connectivity index (χ0n) is 10.2. The third kappa shape index (κ3) is 2.68. The number of amides is 1. The molecule has 2 aromatic heterocycles. The van der Waals surface area contributed by atoms with E-state index in [1.165, 1.54) is 0 Å². The number of carbonyl (C=O) groups excluding carboxylic acids is 1. The van der Waals surface area contributed by atoms with Crippen molar-refractivity contribution in [1.29, 1.82) is 0 Å². The number of furan rings is 1. The van der Waals surface area contributed by atoms with Gasteiger partial charge in [-0.25, -0.2) is 5.10 Å². The first-order valence-electron chi connectivity index (χ1n) is 5.68. The minimum Gasteiger partial charge on any atom is -0.463 e. The lowest BCUT2D eigenvalue weighted by Crippen LogP contribution is -2.12. The van der Waals surface area contributed by atoms with Crippen molar-refractivity contribution in [2.45, 2.75) is 20.3 Å². The maximum Gasteiger partial charge on any atom is 0.337 e. The third-order valence-electron chi connectivity index (χ3n) is 2.20. The van der Waals surface area contributed by atoms with E-state index in [1.807, 2.05) is 13.8 Å². The summed E-state index contributed by atoms with van der Waals surface area (Å²) >= 11 is 0. The van der Waals surface area contributed by atoms with Gasteiger partial charge in [-0.3, -0.25) is 10.1 Å². The van der Waals surface area contributed by atoms with Crippen LogP contribution in [0.2, 0.25) is 0 Å². The maximum atomic E-state index is 11.8. The number of rotatable bonds is 5. The van der Waals surface area contributed by atoms with E-state index < -0.39 is 0 Å². The van der Waals surface area contributed by atoms with Crippen molar-refractivity contribution in [2.75, 3.05) is 11.9 Å². The number of hydrogen-bond acceptors (Lipinski definition) is 5. The van der Waals surface area contributed by atoms with Crippen LogP contribution in [0.5, 0.6) is 6.01 Å². The first kappa shape index (κ1) is 12.2. The van der Waals surface area contributed by atoms with Gasteiger partial charge in [0.05, 0.1) is 6.61 Å². The summed E-state index contributed by atoms with van der Waals surface area (Å²) < 4.78 is 10.4. The van der Waals surface area contributed by atoms with Crippen LogP contribution in [-0.4, -0.2) is 27.7 Å². The van der Waals surface area contributed by atoms with Crippen LogP contribution in [0.25, 0.3) is 0 Å². The molecule has 2 N–H and O–H groups in total. The molecule has 0 bridgehead atoms. The highest BCUT2D eigenvalue weighted by Gasteiger charge is 2.13. The second-order valence-electron chi connectivity index (χ2n) is 3.47. The topological polar surface area (TPSA) is 93.0 Å². The molecular weight excluding hydrogens is 236 g/mol. The number of H-pyrrole nitrogens is 1. The van der Waals surface area contributed by atoms with E-state index in [0.717, 1.165) is 12.2 Å². The summed E-state index contributed by atoms with van der Waals surface area (Å²) in [7, 11) is 0. The lowest BCUT2D eigenvalue weighted by Gasteiger charge is -1.97. The highest BCUT2D eigenvalue weighted by molar-refractivity contribution is 6.01. The fourth-order valence-corrected chi connectivity index (χ4v) is 1.36. The minimum absolute atomic E-state index is 0.196. The molecule has 0 aliphatic carbocycles. The molecule has 0 saturated carbocycles. The zero-order valence-corrected chi connectivity index (χ0v) is 10.2. The fourth-order valence-electron chi connectivity index (χ4n) is 1.36. The van der Waals surface area contributed by atoms with Crippen molar-refractivity contribution >= 4 is 11.9 Å². The van der Waals surface area contributed by atoms with Crippen LogP contribution < -0.4 is 10.1 Å². The molecule has 1 amide bonds. The molecule has 0 unspecified atom stereocenters. The molecule has 7 heteroatoms. The van der Waals surface area contributed by atoms with Gasteiger partial charge in [-0.1, -0.05) is 6.92 Å². The van der Waals surface area contributed by atoms with Gasteiger partial charge in [-0.15, -0.1) is 5.10 Å². The molecule has 0 aromatic carbocycles. The van der Waals surface area contributed by atoms with Gasteiger partial charge in [0.15, 0.2) is 5.76 Å². The Morgan fingerprint density at radius 2 is 2.33 bits per heavy atom. The number of nitrogens with one attached hydrogen (secondary N) is 2. The van der Waals surface area contributed by atoms with Gasteiger partial charge in [-0.05, 0) is 19.1 Å². The Labute approximate surface area is 104 Å². The molecule has 0 atom stereocenters. The molecule has 2 rings (SSSR count). The van der Waals surface area contributed by atoms with Crippen LogP contribution in [0.3, 0.4) is 0 Å². The average molecular weight is 250 g/mol. The van der Waals surface area contributed by atoms with Gasteiger partial charge in [0.2, 0.25) is 5.95 Å². The van der Waals surface area contributed by atoms with Crippen LogP contribution in [-0.2, 0) is 6.42 Å². The molecule has 0 aliphatic heterocycles. The van der Waals surface area contributed by atoms with E-state index in [-0.39, 0.29) is 23.6 Å². The number of ether oxygens (including phenoxy) is 1. The van der Waals surface area contributed by atoms with Crippen molar-refractivity contribution in [3.63, 3.8) is 0 Å². The summed E-state index contributed by atoms with van der Waals surface area (Å²) in [5.41, 5.74) is 0. The van der Waals surface area contributed by atoms with E-state index in [0.29, 0.717) is 6.61 Å². The lowest BCUT2D eigenvalue weighted by atomic mass is 10.3. The van der Waals surface area contributed by atoms with Crippen molar-refractivity contribution in [3.05, 3.63) is 23.7 Å². The highest BCUT2D eigenvalue weighted by Crippen LogP contribution is 2.11. The Morgan fingerprint density at radius 1 is 1.50 bits per heavy atom. The summed E-state index contributed by atoms with van der Waals surface area (Å²) in [5, 5.41) is 8.86. The molecule has 2 heterocycles. The maximum absolute atomic E-state index is 11.8. The molecule has 0 aliphatic rings. The molecule has 2 aromatic rings. The first-order valence-corrected chi connectivity index (χ1v) is 5.68. The first-order chi connectivity index (χ1) is 8.72. The predicted molar refractivity (Wildman–Crippen MR) is 63.6 cm³/mol.